The molecular weight excluding hydrogens is 304 g/mol. The third-order valence-electron chi connectivity index (χ3n) is 4.13. The Morgan fingerprint density at radius 2 is 1.91 bits per heavy atom. The van der Waals surface area contributed by atoms with Crippen molar-refractivity contribution in [1.82, 2.24) is 4.57 Å². The normalized spacial score (nSPS) is 11.5. The number of nitrogens with zero attached hydrogens (tertiary/aromatic N) is 1. The van der Waals surface area contributed by atoms with Crippen LogP contribution in [-0.2, 0) is 13.0 Å². The highest BCUT2D eigenvalue weighted by Gasteiger charge is 2.11. The van der Waals surface area contributed by atoms with Gasteiger partial charge in [0.15, 0.2) is 0 Å². The maximum Gasteiger partial charge on any atom is 0.0489 e. The Kier molecular flexibility index (Phi) is 4.74. The third-order valence-corrected chi connectivity index (χ3v) is 4.45. The first-order valence-electron chi connectivity index (χ1n) is 8.17. The molecule has 3 rings (SSSR count). The molecule has 0 spiro atoms. The predicted molar refractivity (Wildman–Crippen MR) is 100.0 cm³/mol. The summed E-state index contributed by atoms with van der Waals surface area (Å²) >= 11 is 6.37. The standard InChI is InChI=1S/C20H23ClN2/c1-14(2)12-23-13-16(9-10-22)18-8-7-15(11-20(18)23)17-5-3-4-6-19(17)21/h3-8,11,13-14H,9-10,12,22H2,1-2H3. The smallest absolute Gasteiger partial charge is 0.0489 e. The van der Waals surface area contributed by atoms with Crippen molar-refractivity contribution >= 4 is 22.5 Å². The summed E-state index contributed by atoms with van der Waals surface area (Å²) in [6.07, 6.45) is 3.17. The summed E-state index contributed by atoms with van der Waals surface area (Å²) in [7, 11) is 0. The fourth-order valence-electron chi connectivity index (χ4n) is 3.13. The topological polar surface area (TPSA) is 30.9 Å². The molecule has 0 aliphatic rings. The van der Waals surface area contributed by atoms with E-state index < -0.39 is 0 Å². The highest BCUT2D eigenvalue weighted by molar-refractivity contribution is 6.33. The Morgan fingerprint density at radius 3 is 2.61 bits per heavy atom. The van der Waals surface area contributed by atoms with Gasteiger partial charge in [0.2, 0.25) is 0 Å². The number of halogens is 1. The molecule has 3 aromatic rings. The van der Waals surface area contributed by atoms with E-state index in [1.165, 1.54) is 16.5 Å². The van der Waals surface area contributed by atoms with Gasteiger partial charge in [-0.15, -0.1) is 0 Å². The van der Waals surface area contributed by atoms with E-state index in [4.69, 9.17) is 17.3 Å². The van der Waals surface area contributed by atoms with Gasteiger partial charge in [-0.1, -0.05) is 55.8 Å². The molecule has 0 amide bonds. The lowest BCUT2D eigenvalue weighted by Gasteiger charge is -2.10. The Bertz CT molecular complexity index is 818. The third kappa shape index (κ3) is 3.29. The number of hydrogen-bond donors (Lipinski definition) is 1. The van der Waals surface area contributed by atoms with Crippen LogP contribution in [0.2, 0.25) is 5.02 Å². The van der Waals surface area contributed by atoms with Crippen molar-refractivity contribution in [2.45, 2.75) is 26.8 Å². The summed E-state index contributed by atoms with van der Waals surface area (Å²) in [6.45, 7) is 6.17. The van der Waals surface area contributed by atoms with Crippen molar-refractivity contribution in [2.24, 2.45) is 11.7 Å². The first-order chi connectivity index (χ1) is 11.1. The van der Waals surface area contributed by atoms with E-state index in [0.29, 0.717) is 12.5 Å². The number of benzene rings is 2. The monoisotopic (exact) mass is 326 g/mol. The van der Waals surface area contributed by atoms with E-state index in [9.17, 15) is 0 Å². The van der Waals surface area contributed by atoms with E-state index >= 15 is 0 Å². The van der Waals surface area contributed by atoms with Crippen LogP contribution in [0.5, 0.6) is 0 Å². The predicted octanol–water partition coefficient (Wildman–Crippen LogP) is 5.12. The van der Waals surface area contributed by atoms with Gasteiger partial charge in [0.05, 0.1) is 0 Å². The van der Waals surface area contributed by atoms with Gasteiger partial charge in [0.1, 0.15) is 0 Å². The summed E-state index contributed by atoms with van der Waals surface area (Å²) in [6, 6.07) is 14.6. The molecule has 1 heterocycles. The molecule has 2 aromatic carbocycles. The van der Waals surface area contributed by atoms with Crippen LogP contribution >= 0.6 is 11.6 Å². The molecule has 23 heavy (non-hydrogen) atoms. The van der Waals surface area contributed by atoms with Crippen molar-refractivity contribution in [2.75, 3.05) is 6.54 Å². The summed E-state index contributed by atoms with van der Waals surface area (Å²) in [5.74, 6) is 0.597. The minimum atomic E-state index is 0.597. The lowest BCUT2D eigenvalue weighted by atomic mass is 10.0. The molecule has 120 valence electrons. The average molecular weight is 327 g/mol. The Hall–Kier alpha value is -1.77. The summed E-state index contributed by atoms with van der Waals surface area (Å²) in [4.78, 5) is 0. The number of aromatic nitrogens is 1. The maximum atomic E-state index is 6.37. The Balaban J connectivity index is 2.15. The van der Waals surface area contributed by atoms with Crippen molar-refractivity contribution in [1.29, 1.82) is 0 Å². The van der Waals surface area contributed by atoms with Crippen molar-refractivity contribution < 1.29 is 0 Å². The second kappa shape index (κ2) is 6.77. The van der Waals surface area contributed by atoms with E-state index in [1.807, 2.05) is 18.2 Å². The van der Waals surface area contributed by atoms with Gasteiger partial charge < -0.3 is 10.3 Å². The molecule has 2 nitrogen and oxygen atoms in total. The molecule has 0 aliphatic heterocycles. The lowest BCUT2D eigenvalue weighted by molar-refractivity contribution is 0.534. The average Bonchev–Trinajstić information content (AvgIpc) is 2.85. The molecule has 0 saturated carbocycles. The molecule has 0 saturated heterocycles. The molecule has 2 N–H and O–H groups in total. The number of hydrogen-bond acceptors (Lipinski definition) is 1. The zero-order chi connectivity index (χ0) is 16.4. The van der Waals surface area contributed by atoms with Gasteiger partial charge >= 0.3 is 0 Å². The largest absolute Gasteiger partial charge is 0.347 e. The van der Waals surface area contributed by atoms with Crippen LogP contribution < -0.4 is 5.73 Å². The van der Waals surface area contributed by atoms with Crippen molar-refractivity contribution in [3.05, 3.63) is 59.2 Å². The first-order valence-corrected chi connectivity index (χ1v) is 8.54. The van der Waals surface area contributed by atoms with Crippen LogP contribution in [-0.4, -0.2) is 11.1 Å². The van der Waals surface area contributed by atoms with E-state index in [0.717, 1.165) is 29.1 Å². The number of fused-ring (bicyclic) bond motifs is 1. The molecule has 1 aromatic heterocycles. The molecule has 0 unspecified atom stereocenters. The van der Waals surface area contributed by atoms with Crippen molar-refractivity contribution in [3.8, 4) is 11.1 Å². The van der Waals surface area contributed by atoms with Gasteiger partial charge in [0.25, 0.3) is 0 Å². The highest BCUT2D eigenvalue weighted by Crippen LogP contribution is 2.32. The van der Waals surface area contributed by atoms with Crippen LogP contribution in [0.15, 0.2) is 48.7 Å². The summed E-state index contributed by atoms with van der Waals surface area (Å²) in [5.41, 5.74) is 10.6. The zero-order valence-corrected chi connectivity index (χ0v) is 14.5. The molecular formula is C20H23ClN2. The molecule has 0 atom stereocenters. The van der Waals surface area contributed by atoms with Crippen molar-refractivity contribution in [3.63, 3.8) is 0 Å². The van der Waals surface area contributed by atoms with Crippen LogP contribution in [0.25, 0.3) is 22.0 Å². The van der Waals surface area contributed by atoms with Crippen LogP contribution in [0, 0.1) is 5.92 Å². The van der Waals surface area contributed by atoms with E-state index in [2.05, 4.69) is 48.9 Å². The number of nitrogens with two attached hydrogens (primary N) is 1. The second-order valence-corrected chi connectivity index (χ2v) is 6.86. The van der Waals surface area contributed by atoms with Crippen LogP contribution in [0.3, 0.4) is 0 Å². The fraction of sp³-hybridized carbons (Fsp3) is 0.300. The second-order valence-electron chi connectivity index (χ2n) is 6.45. The molecule has 0 fully saturated rings. The quantitative estimate of drug-likeness (QED) is 0.693. The van der Waals surface area contributed by atoms with Gasteiger partial charge in [-0.2, -0.15) is 0 Å². The molecule has 0 bridgehead atoms. The van der Waals surface area contributed by atoms with Gasteiger partial charge in [-0.25, -0.2) is 0 Å². The maximum absolute atomic E-state index is 6.37. The SMILES string of the molecule is CC(C)Cn1cc(CCN)c2ccc(-c3ccccc3Cl)cc21. The minimum absolute atomic E-state index is 0.597. The summed E-state index contributed by atoms with van der Waals surface area (Å²) in [5, 5.41) is 2.09. The number of rotatable bonds is 5. The molecule has 0 aliphatic carbocycles. The van der Waals surface area contributed by atoms with E-state index in [1.54, 1.807) is 0 Å². The first kappa shape index (κ1) is 16.1. The zero-order valence-electron chi connectivity index (χ0n) is 13.7. The Morgan fingerprint density at radius 1 is 1.13 bits per heavy atom. The fourth-order valence-corrected chi connectivity index (χ4v) is 3.37. The summed E-state index contributed by atoms with van der Waals surface area (Å²) < 4.78 is 2.35. The highest BCUT2D eigenvalue weighted by atomic mass is 35.5. The van der Waals surface area contributed by atoms with Gasteiger partial charge in [-0.05, 0) is 42.1 Å². The lowest BCUT2D eigenvalue weighted by Crippen LogP contribution is -2.04. The minimum Gasteiger partial charge on any atom is -0.347 e. The van der Waals surface area contributed by atoms with Gasteiger partial charge in [0, 0.05) is 34.2 Å². The Labute approximate surface area is 142 Å². The van der Waals surface area contributed by atoms with Crippen LogP contribution in [0.4, 0.5) is 0 Å². The van der Waals surface area contributed by atoms with Crippen LogP contribution in [0.1, 0.15) is 19.4 Å². The molecule has 0 radical (unpaired) electrons. The van der Waals surface area contributed by atoms with Gasteiger partial charge in [-0.3, -0.25) is 0 Å². The molecule has 3 heteroatoms. The van der Waals surface area contributed by atoms with E-state index in [-0.39, 0.29) is 0 Å².